The first-order valence-corrected chi connectivity index (χ1v) is 6.81. The second-order valence-electron chi connectivity index (χ2n) is 4.80. The Morgan fingerprint density at radius 3 is 2.80 bits per heavy atom. The summed E-state index contributed by atoms with van der Waals surface area (Å²) in [5.74, 6) is -0.0209. The lowest BCUT2D eigenvalue weighted by Gasteiger charge is -2.13. The van der Waals surface area contributed by atoms with Crippen molar-refractivity contribution in [1.82, 2.24) is 24.9 Å². The SMILES string of the molecule is Cc1nn(C)cc1C(C)NC(=O)CCn1cc(Cl)cn1. The van der Waals surface area contributed by atoms with Crippen molar-refractivity contribution in [3.8, 4) is 0 Å². The molecule has 2 aromatic heterocycles. The van der Waals surface area contributed by atoms with E-state index in [9.17, 15) is 4.79 Å². The monoisotopic (exact) mass is 295 g/mol. The van der Waals surface area contributed by atoms with Gasteiger partial charge >= 0.3 is 0 Å². The van der Waals surface area contributed by atoms with Crippen LogP contribution in [0.25, 0.3) is 0 Å². The third kappa shape index (κ3) is 3.60. The second kappa shape index (κ2) is 6.09. The number of hydrogen-bond acceptors (Lipinski definition) is 3. The van der Waals surface area contributed by atoms with E-state index < -0.39 is 0 Å². The molecule has 1 unspecified atom stereocenters. The minimum Gasteiger partial charge on any atom is -0.349 e. The number of halogens is 1. The number of aromatic nitrogens is 4. The highest BCUT2D eigenvalue weighted by Crippen LogP contribution is 2.15. The van der Waals surface area contributed by atoms with E-state index in [4.69, 9.17) is 11.6 Å². The number of aryl methyl sites for hydroxylation is 3. The molecule has 2 aromatic rings. The average Bonchev–Trinajstić information content (AvgIpc) is 2.92. The molecule has 0 spiro atoms. The largest absolute Gasteiger partial charge is 0.349 e. The number of rotatable bonds is 5. The summed E-state index contributed by atoms with van der Waals surface area (Å²) in [6.45, 7) is 4.40. The molecule has 0 aliphatic carbocycles. The zero-order valence-corrected chi connectivity index (χ0v) is 12.6. The van der Waals surface area contributed by atoms with Crippen molar-refractivity contribution >= 4 is 17.5 Å². The van der Waals surface area contributed by atoms with Crippen LogP contribution in [0.5, 0.6) is 0 Å². The van der Waals surface area contributed by atoms with E-state index in [-0.39, 0.29) is 11.9 Å². The smallest absolute Gasteiger partial charge is 0.222 e. The van der Waals surface area contributed by atoms with Gasteiger partial charge in [0.05, 0.1) is 23.0 Å². The lowest BCUT2D eigenvalue weighted by atomic mass is 10.1. The Morgan fingerprint density at radius 1 is 1.50 bits per heavy atom. The Bertz CT molecular complexity index is 604. The number of hydrogen-bond donors (Lipinski definition) is 1. The number of nitrogens with zero attached hydrogens (tertiary/aromatic N) is 4. The van der Waals surface area contributed by atoms with Gasteiger partial charge in [-0.05, 0) is 13.8 Å². The Balaban J connectivity index is 1.86. The molecule has 6 nitrogen and oxygen atoms in total. The van der Waals surface area contributed by atoms with E-state index in [2.05, 4.69) is 15.5 Å². The first-order valence-electron chi connectivity index (χ1n) is 6.43. The van der Waals surface area contributed by atoms with E-state index in [0.717, 1.165) is 11.3 Å². The topological polar surface area (TPSA) is 64.7 Å². The molecule has 0 radical (unpaired) electrons. The fourth-order valence-electron chi connectivity index (χ4n) is 2.11. The number of nitrogens with one attached hydrogen (secondary N) is 1. The van der Waals surface area contributed by atoms with Gasteiger partial charge in [0.25, 0.3) is 0 Å². The first-order chi connectivity index (χ1) is 9.45. The number of carbonyl (C=O) groups excluding carboxylic acids is 1. The molecule has 0 aliphatic heterocycles. The van der Waals surface area contributed by atoms with Crippen LogP contribution in [-0.4, -0.2) is 25.5 Å². The van der Waals surface area contributed by atoms with Crippen LogP contribution in [0.3, 0.4) is 0 Å². The van der Waals surface area contributed by atoms with Crippen molar-refractivity contribution in [3.63, 3.8) is 0 Å². The van der Waals surface area contributed by atoms with Crippen molar-refractivity contribution in [2.45, 2.75) is 32.9 Å². The molecule has 0 bridgehead atoms. The highest BCUT2D eigenvalue weighted by atomic mass is 35.5. The molecule has 0 aliphatic rings. The van der Waals surface area contributed by atoms with E-state index in [0.29, 0.717) is 18.0 Å². The average molecular weight is 296 g/mol. The number of carbonyl (C=O) groups is 1. The molecule has 0 fully saturated rings. The lowest BCUT2D eigenvalue weighted by molar-refractivity contribution is -0.122. The van der Waals surface area contributed by atoms with E-state index in [1.807, 2.05) is 27.1 Å². The third-order valence-electron chi connectivity index (χ3n) is 3.07. The predicted octanol–water partition coefficient (Wildman–Crippen LogP) is 1.85. The third-order valence-corrected chi connectivity index (χ3v) is 3.26. The first kappa shape index (κ1) is 14.6. The zero-order valence-electron chi connectivity index (χ0n) is 11.8. The molecule has 20 heavy (non-hydrogen) atoms. The molecular weight excluding hydrogens is 278 g/mol. The van der Waals surface area contributed by atoms with E-state index in [1.165, 1.54) is 0 Å². The Labute approximate surface area is 122 Å². The van der Waals surface area contributed by atoms with Gasteiger partial charge < -0.3 is 5.32 Å². The standard InChI is InChI=1S/C13H18ClN5O/c1-9(12-8-18(3)17-10(12)2)16-13(20)4-5-19-7-11(14)6-15-19/h6-9H,4-5H2,1-3H3,(H,16,20). The van der Waals surface area contributed by atoms with Gasteiger partial charge in [0, 0.05) is 38.0 Å². The van der Waals surface area contributed by atoms with Gasteiger partial charge in [-0.1, -0.05) is 11.6 Å². The van der Waals surface area contributed by atoms with Crippen LogP contribution in [0.2, 0.25) is 5.02 Å². The van der Waals surface area contributed by atoms with Gasteiger partial charge in [-0.15, -0.1) is 0 Å². The summed E-state index contributed by atoms with van der Waals surface area (Å²) in [5, 5.41) is 11.8. The maximum absolute atomic E-state index is 11.9. The van der Waals surface area contributed by atoms with Gasteiger partial charge in [0.1, 0.15) is 0 Å². The maximum Gasteiger partial charge on any atom is 0.222 e. The van der Waals surface area contributed by atoms with Gasteiger partial charge in [0.15, 0.2) is 0 Å². The van der Waals surface area contributed by atoms with Crippen molar-refractivity contribution in [2.24, 2.45) is 7.05 Å². The Hall–Kier alpha value is -1.82. The summed E-state index contributed by atoms with van der Waals surface area (Å²) in [6, 6.07) is -0.0580. The Morgan fingerprint density at radius 2 is 2.25 bits per heavy atom. The Kier molecular flexibility index (Phi) is 4.44. The maximum atomic E-state index is 11.9. The summed E-state index contributed by atoms with van der Waals surface area (Å²) < 4.78 is 3.40. The summed E-state index contributed by atoms with van der Waals surface area (Å²) in [4.78, 5) is 11.9. The molecule has 1 N–H and O–H groups in total. The second-order valence-corrected chi connectivity index (χ2v) is 5.24. The molecule has 0 aromatic carbocycles. The van der Waals surface area contributed by atoms with Crippen molar-refractivity contribution < 1.29 is 4.79 Å². The quantitative estimate of drug-likeness (QED) is 0.915. The van der Waals surface area contributed by atoms with Crippen LogP contribution in [0.4, 0.5) is 0 Å². The molecule has 0 saturated carbocycles. The highest BCUT2D eigenvalue weighted by Gasteiger charge is 2.14. The van der Waals surface area contributed by atoms with Crippen LogP contribution in [-0.2, 0) is 18.4 Å². The zero-order chi connectivity index (χ0) is 14.7. The molecular formula is C13H18ClN5O. The molecule has 1 amide bonds. The van der Waals surface area contributed by atoms with Crippen LogP contribution < -0.4 is 5.32 Å². The van der Waals surface area contributed by atoms with Crippen molar-refractivity contribution in [3.05, 3.63) is 34.9 Å². The predicted molar refractivity (Wildman–Crippen MR) is 76.4 cm³/mol. The summed E-state index contributed by atoms with van der Waals surface area (Å²) in [6.07, 6.45) is 5.54. The lowest BCUT2D eigenvalue weighted by Crippen LogP contribution is -2.27. The van der Waals surface area contributed by atoms with Crippen molar-refractivity contribution in [2.75, 3.05) is 0 Å². The molecule has 108 valence electrons. The fourth-order valence-corrected chi connectivity index (χ4v) is 2.27. The van der Waals surface area contributed by atoms with Gasteiger partial charge in [0.2, 0.25) is 5.91 Å². The van der Waals surface area contributed by atoms with E-state index >= 15 is 0 Å². The van der Waals surface area contributed by atoms with Crippen LogP contribution in [0.1, 0.15) is 30.6 Å². The van der Waals surface area contributed by atoms with Crippen LogP contribution in [0.15, 0.2) is 18.6 Å². The summed E-state index contributed by atoms with van der Waals surface area (Å²) in [7, 11) is 1.87. The number of amides is 1. The van der Waals surface area contributed by atoms with Crippen LogP contribution >= 0.6 is 11.6 Å². The molecule has 1 atom stereocenters. The summed E-state index contributed by atoms with van der Waals surface area (Å²) in [5.41, 5.74) is 1.96. The summed E-state index contributed by atoms with van der Waals surface area (Å²) >= 11 is 5.77. The van der Waals surface area contributed by atoms with Crippen LogP contribution in [0, 0.1) is 6.92 Å². The van der Waals surface area contributed by atoms with Gasteiger partial charge in [-0.25, -0.2) is 0 Å². The van der Waals surface area contributed by atoms with Crippen molar-refractivity contribution in [1.29, 1.82) is 0 Å². The normalized spacial score (nSPS) is 12.4. The molecule has 7 heteroatoms. The van der Waals surface area contributed by atoms with Gasteiger partial charge in [-0.2, -0.15) is 10.2 Å². The molecule has 2 heterocycles. The highest BCUT2D eigenvalue weighted by molar-refractivity contribution is 6.30. The minimum atomic E-state index is -0.0580. The van der Waals surface area contributed by atoms with E-state index in [1.54, 1.807) is 21.8 Å². The fraction of sp³-hybridized carbons (Fsp3) is 0.462. The molecule has 2 rings (SSSR count). The minimum absolute atomic E-state index is 0.0209. The molecule has 0 saturated heterocycles. The van der Waals surface area contributed by atoms with Gasteiger partial charge in [-0.3, -0.25) is 14.2 Å².